The van der Waals surface area contributed by atoms with E-state index in [0.29, 0.717) is 13.1 Å². The van der Waals surface area contributed by atoms with Gasteiger partial charge in [-0.1, -0.05) is 0 Å². The van der Waals surface area contributed by atoms with E-state index in [1.54, 1.807) is 19.0 Å². The maximum absolute atomic E-state index is 12.2. The van der Waals surface area contributed by atoms with Crippen molar-refractivity contribution >= 4 is 11.9 Å². The number of methoxy groups -OCH3 is 1. The van der Waals surface area contributed by atoms with Crippen molar-refractivity contribution in [3.05, 3.63) is 0 Å². The van der Waals surface area contributed by atoms with Gasteiger partial charge in [0.15, 0.2) is 0 Å². The number of hydrogen-bond acceptors (Lipinski definition) is 4. The van der Waals surface area contributed by atoms with Gasteiger partial charge in [-0.15, -0.1) is 0 Å². The summed E-state index contributed by atoms with van der Waals surface area (Å²) in [6, 6.07) is -0.467. The summed E-state index contributed by atoms with van der Waals surface area (Å²) in [7, 11) is 4.92. The van der Waals surface area contributed by atoms with Crippen molar-refractivity contribution in [2.45, 2.75) is 18.9 Å². The van der Waals surface area contributed by atoms with E-state index in [1.165, 1.54) is 12.0 Å². The third-order valence-electron chi connectivity index (χ3n) is 3.38. The van der Waals surface area contributed by atoms with Crippen LogP contribution in [0, 0.1) is 5.92 Å². The number of amides is 3. The largest absolute Gasteiger partial charge is 0.394 e. The van der Waals surface area contributed by atoms with E-state index in [2.05, 4.69) is 5.32 Å². The molecule has 2 N–H and O–H groups in total. The summed E-state index contributed by atoms with van der Waals surface area (Å²) >= 11 is 0. The van der Waals surface area contributed by atoms with Gasteiger partial charge in [-0.25, -0.2) is 4.79 Å². The van der Waals surface area contributed by atoms with Crippen molar-refractivity contribution in [3.8, 4) is 0 Å². The summed E-state index contributed by atoms with van der Waals surface area (Å²) in [5, 5.41) is 11.9. The van der Waals surface area contributed by atoms with Crippen molar-refractivity contribution in [1.29, 1.82) is 0 Å². The SMILES string of the molecule is COCC(CO)NC(=O)C1CCCN(C(=O)N(C)C)C1. The lowest BCUT2D eigenvalue weighted by Gasteiger charge is -2.34. The summed E-state index contributed by atoms with van der Waals surface area (Å²) in [5.74, 6) is -0.351. The first-order valence-corrected chi connectivity index (χ1v) is 6.86. The molecule has 0 spiro atoms. The lowest BCUT2D eigenvalue weighted by atomic mass is 9.97. The molecule has 0 aliphatic carbocycles. The van der Waals surface area contributed by atoms with E-state index in [4.69, 9.17) is 9.84 Å². The standard InChI is InChI=1S/C13H25N3O4/c1-15(2)13(19)16-6-4-5-10(7-16)12(18)14-11(8-17)9-20-3/h10-11,17H,4-9H2,1-3H3,(H,14,18). The Bertz CT molecular complexity index is 336. The van der Waals surface area contributed by atoms with Gasteiger partial charge in [0, 0.05) is 34.3 Å². The topological polar surface area (TPSA) is 82.1 Å². The maximum Gasteiger partial charge on any atom is 0.319 e. The van der Waals surface area contributed by atoms with Gasteiger partial charge >= 0.3 is 6.03 Å². The monoisotopic (exact) mass is 287 g/mol. The van der Waals surface area contributed by atoms with Crippen molar-refractivity contribution in [2.75, 3.05) is 47.5 Å². The van der Waals surface area contributed by atoms with Gasteiger partial charge in [-0.3, -0.25) is 4.79 Å². The fourth-order valence-electron chi connectivity index (χ4n) is 2.31. The van der Waals surface area contributed by atoms with Crippen LogP contribution in [-0.2, 0) is 9.53 Å². The van der Waals surface area contributed by atoms with Crippen LogP contribution in [0.2, 0.25) is 0 Å². The minimum atomic E-state index is -0.396. The molecule has 2 unspecified atom stereocenters. The molecule has 2 atom stereocenters. The molecule has 1 aliphatic heterocycles. The molecule has 0 aromatic heterocycles. The van der Waals surface area contributed by atoms with Crippen molar-refractivity contribution < 1.29 is 19.4 Å². The number of likely N-dealkylation sites (tertiary alicyclic amines) is 1. The van der Waals surface area contributed by atoms with E-state index in [-0.39, 0.29) is 31.1 Å². The van der Waals surface area contributed by atoms with Crippen molar-refractivity contribution in [3.63, 3.8) is 0 Å². The molecular formula is C13H25N3O4. The quantitative estimate of drug-likeness (QED) is 0.714. The second-order valence-corrected chi connectivity index (χ2v) is 5.31. The summed E-state index contributed by atoms with van der Waals surface area (Å²) in [4.78, 5) is 27.3. The minimum Gasteiger partial charge on any atom is -0.394 e. The molecule has 116 valence electrons. The van der Waals surface area contributed by atoms with Crippen LogP contribution < -0.4 is 5.32 Å². The minimum absolute atomic E-state index is 0.0712. The molecule has 1 rings (SSSR count). The van der Waals surface area contributed by atoms with Crippen LogP contribution in [0.1, 0.15) is 12.8 Å². The summed E-state index contributed by atoms with van der Waals surface area (Å²) < 4.78 is 4.93. The first-order valence-electron chi connectivity index (χ1n) is 6.86. The molecule has 1 heterocycles. The van der Waals surface area contributed by atoms with Crippen LogP contribution in [0.4, 0.5) is 4.79 Å². The number of ether oxygens (including phenoxy) is 1. The van der Waals surface area contributed by atoms with Crippen LogP contribution in [0.5, 0.6) is 0 Å². The number of nitrogens with zero attached hydrogens (tertiary/aromatic N) is 2. The highest BCUT2D eigenvalue weighted by atomic mass is 16.5. The highest BCUT2D eigenvalue weighted by Gasteiger charge is 2.29. The van der Waals surface area contributed by atoms with E-state index in [1.807, 2.05) is 0 Å². The molecule has 0 radical (unpaired) electrons. The number of carbonyl (C=O) groups excluding carboxylic acids is 2. The second kappa shape index (κ2) is 8.06. The van der Waals surface area contributed by atoms with E-state index < -0.39 is 6.04 Å². The Labute approximate surface area is 119 Å². The summed E-state index contributed by atoms with van der Waals surface area (Å²) in [6.45, 7) is 1.22. The predicted octanol–water partition coefficient (Wildman–Crippen LogP) is -0.496. The number of carbonyl (C=O) groups is 2. The Hall–Kier alpha value is -1.34. The molecule has 7 nitrogen and oxygen atoms in total. The lowest BCUT2D eigenvalue weighted by molar-refractivity contribution is -0.127. The number of aliphatic hydroxyl groups excluding tert-OH is 1. The number of piperidine rings is 1. The van der Waals surface area contributed by atoms with Crippen LogP contribution in [-0.4, -0.2) is 80.4 Å². The van der Waals surface area contributed by atoms with Gasteiger partial charge in [0.25, 0.3) is 0 Å². The fourth-order valence-corrected chi connectivity index (χ4v) is 2.31. The Kier molecular flexibility index (Phi) is 6.74. The molecule has 0 bridgehead atoms. The Balaban J connectivity index is 2.53. The third-order valence-corrected chi connectivity index (χ3v) is 3.38. The van der Waals surface area contributed by atoms with Gasteiger partial charge in [0.1, 0.15) is 0 Å². The molecule has 1 fully saturated rings. The zero-order chi connectivity index (χ0) is 15.1. The molecule has 20 heavy (non-hydrogen) atoms. The van der Waals surface area contributed by atoms with Gasteiger partial charge in [-0.2, -0.15) is 0 Å². The molecule has 0 aromatic rings. The molecule has 0 saturated carbocycles. The zero-order valence-electron chi connectivity index (χ0n) is 12.5. The number of urea groups is 1. The fraction of sp³-hybridized carbons (Fsp3) is 0.846. The second-order valence-electron chi connectivity index (χ2n) is 5.31. The van der Waals surface area contributed by atoms with Crippen molar-refractivity contribution in [1.82, 2.24) is 15.1 Å². The number of nitrogens with one attached hydrogen (secondary N) is 1. The Morgan fingerprint density at radius 3 is 2.75 bits per heavy atom. The van der Waals surface area contributed by atoms with Crippen LogP contribution >= 0.6 is 0 Å². The third kappa shape index (κ3) is 4.64. The lowest BCUT2D eigenvalue weighted by Crippen LogP contribution is -2.51. The number of hydrogen-bond donors (Lipinski definition) is 2. The normalized spacial score (nSPS) is 20.4. The van der Waals surface area contributed by atoms with Gasteiger partial charge < -0.3 is 25.0 Å². The molecular weight excluding hydrogens is 262 g/mol. The number of aliphatic hydroxyl groups is 1. The first kappa shape index (κ1) is 16.7. The summed E-state index contributed by atoms with van der Waals surface area (Å²) in [5.41, 5.74) is 0. The van der Waals surface area contributed by atoms with Gasteiger partial charge in [0.2, 0.25) is 5.91 Å². The van der Waals surface area contributed by atoms with Crippen LogP contribution in [0.25, 0.3) is 0 Å². The Morgan fingerprint density at radius 2 is 2.20 bits per heavy atom. The van der Waals surface area contributed by atoms with Crippen LogP contribution in [0.15, 0.2) is 0 Å². The average molecular weight is 287 g/mol. The van der Waals surface area contributed by atoms with Gasteiger partial charge in [-0.05, 0) is 12.8 Å². The van der Waals surface area contributed by atoms with Crippen LogP contribution in [0.3, 0.4) is 0 Å². The van der Waals surface area contributed by atoms with E-state index in [9.17, 15) is 9.59 Å². The van der Waals surface area contributed by atoms with Crippen molar-refractivity contribution in [2.24, 2.45) is 5.92 Å². The highest BCUT2D eigenvalue weighted by Crippen LogP contribution is 2.17. The molecule has 1 saturated heterocycles. The maximum atomic E-state index is 12.2. The molecule has 3 amide bonds. The highest BCUT2D eigenvalue weighted by molar-refractivity contribution is 5.81. The van der Waals surface area contributed by atoms with E-state index >= 15 is 0 Å². The summed E-state index contributed by atoms with van der Waals surface area (Å²) in [6.07, 6.45) is 1.57. The average Bonchev–Trinajstić information content (AvgIpc) is 2.45. The molecule has 0 aromatic carbocycles. The zero-order valence-corrected chi connectivity index (χ0v) is 12.5. The molecule has 7 heteroatoms. The first-order chi connectivity index (χ1) is 9.49. The molecule has 1 aliphatic rings. The predicted molar refractivity (Wildman–Crippen MR) is 74.3 cm³/mol. The number of rotatable bonds is 5. The Morgan fingerprint density at radius 1 is 1.50 bits per heavy atom. The van der Waals surface area contributed by atoms with E-state index in [0.717, 1.165) is 12.8 Å². The van der Waals surface area contributed by atoms with Gasteiger partial charge in [0.05, 0.1) is 25.2 Å². The smallest absolute Gasteiger partial charge is 0.319 e.